The second-order valence-electron chi connectivity index (χ2n) is 0.943. The van der Waals surface area contributed by atoms with E-state index in [1.807, 2.05) is 0 Å². The molecule has 0 fully saturated rings. The first-order chi connectivity index (χ1) is 3.18. The first-order valence-corrected chi connectivity index (χ1v) is 1.55. The number of carbonyl (C=O) groups is 1. The summed E-state index contributed by atoms with van der Waals surface area (Å²) in [6.45, 7) is 0. The van der Waals surface area contributed by atoms with Crippen LogP contribution in [0.5, 0.6) is 0 Å². The minimum absolute atomic E-state index is 0. The van der Waals surface area contributed by atoms with Crippen molar-refractivity contribution in [3.05, 3.63) is 4.91 Å². The summed E-state index contributed by atoms with van der Waals surface area (Å²) in [6, 6.07) is -0.852. The lowest BCUT2D eigenvalue weighted by Gasteiger charge is -1.97. The molecule has 0 aliphatic carbocycles. The number of hydrogen-bond donors (Lipinski definition) is 1. The van der Waals surface area contributed by atoms with Gasteiger partial charge in [0.1, 0.15) is 0 Å². The van der Waals surface area contributed by atoms with E-state index >= 15 is 0 Å². The van der Waals surface area contributed by atoms with Gasteiger partial charge in [-0.25, -0.2) is 4.79 Å². The number of nitrogens with zero attached hydrogens (tertiary/aromatic N) is 2. The molecule has 0 unspecified atom stereocenters. The van der Waals surface area contributed by atoms with Crippen molar-refractivity contribution < 1.29 is 10.3 Å². The maximum atomic E-state index is 9.78. The molecule has 0 saturated carbocycles. The number of carbonyl (C=O) groups excluding carboxylic acids is 1. The van der Waals surface area contributed by atoms with Crippen LogP contribution in [0.3, 0.4) is 0 Å². The van der Waals surface area contributed by atoms with Crippen molar-refractivity contribution in [3.8, 4) is 0 Å². The minimum Gasteiger partial charge on any atom is -0.412 e. The van der Waals surface area contributed by atoms with Crippen LogP contribution in [0.2, 0.25) is 0 Å². The largest absolute Gasteiger partial charge is 0.412 e. The molecule has 2 amide bonds. The number of primary amides is 1. The van der Waals surface area contributed by atoms with Gasteiger partial charge >= 0.3 is 6.03 Å². The van der Waals surface area contributed by atoms with Crippen LogP contribution in [0.25, 0.3) is 0 Å². The Bertz CT molecular complexity index is 92.5. The smallest absolute Gasteiger partial charge is 0.337 e. The van der Waals surface area contributed by atoms with E-state index in [0.29, 0.717) is 5.01 Å². The van der Waals surface area contributed by atoms with Crippen LogP contribution in [0.4, 0.5) is 4.79 Å². The highest BCUT2D eigenvalue weighted by molar-refractivity contribution is 5.70. The van der Waals surface area contributed by atoms with E-state index in [2.05, 4.69) is 11.0 Å². The average molecular weight is 121 g/mol. The minimum atomic E-state index is -0.852. The zero-order valence-corrected chi connectivity index (χ0v) is 4.29. The number of nitrogens with two attached hydrogens (primary N) is 1. The second kappa shape index (κ2) is 4.00. The highest BCUT2D eigenvalue weighted by Crippen LogP contribution is 1.76. The molecule has 0 spiro atoms. The van der Waals surface area contributed by atoms with Crippen LogP contribution in [0.15, 0.2) is 5.29 Å². The Labute approximate surface area is 45.5 Å². The van der Waals surface area contributed by atoms with Gasteiger partial charge in [0.2, 0.25) is 0 Å². The van der Waals surface area contributed by atoms with Crippen molar-refractivity contribution in [2.24, 2.45) is 11.0 Å². The summed E-state index contributed by atoms with van der Waals surface area (Å²) in [5.41, 5.74) is 4.54. The molecule has 0 bridgehead atoms. The Morgan fingerprint density at radius 1 is 1.75 bits per heavy atom. The Kier molecular flexibility index (Phi) is 4.98. The molecule has 0 aromatic carbocycles. The normalized spacial score (nSPS) is 6.62. The van der Waals surface area contributed by atoms with E-state index < -0.39 is 6.03 Å². The van der Waals surface area contributed by atoms with E-state index in [9.17, 15) is 9.70 Å². The van der Waals surface area contributed by atoms with Gasteiger partial charge in [-0.1, -0.05) is 0 Å². The van der Waals surface area contributed by atoms with Crippen LogP contribution >= 0.6 is 0 Å². The standard InChI is InChI=1S/C2H5N3O2.H2O/c1-5(4-7)2(3)6;/h1H3,(H2,3,6);1H2. The molecule has 0 rings (SSSR count). The fraction of sp³-hybridized carbons (Fsp3) is 0.500. The van der Waals surface area contributed by atoms with Gasteiger partial charge in [-0.05, 0) is 0 Å². The Balaban J connectivity index is 0. The summed E-state index contributed by atoms with van der Waals surface area (Å²) in [4.78, 5) is 19.1. The predicted molar refractivity (Wildman–Crippen MR) is 26.8 cm³/mol. The molecule has 0 saturated heterocycles. The van der Waals surface area contributed by atoms with Gasteiger partial charge in [-0.2, -0.15) is 5.01 Å². The van der Waals surface area contributed by atoms with E-state index in [-0.39, 0.29) is 5.48 Å². The Hall–Kier alpha value is -1.17. The van der Waals surface area contributed by atoms with Gasteiger partial charge in [0.25, 0.3) is 0 Å². The molecule has 0 aliphatic rings. The lowest BCUT2D eigenvalue weighted by molar-refractivity contribution is 0.220. The SMILES string of the molecule is CN(N=O)C(N)=O.O. The van der Waals surface area contributed by atoms with Crippen LogP contribution < -0.4 is 5.73 Å². The molecule has 8 heavy (non-hydrogen) atoms. The van der Waals surface area contributed by atoms with Gasteiger partial charge in [0.15, 0.2) is 0 Å². The summed E-state index contributed by atoms with van der Waals surface area (Å²) < 4.78 is 0. The first-order valence-electron chi connectivity index (χ1n) is 1.55. The first kappa shape index (κ1) is 9.95. The zero-order chi connectivity index (χ0) is 5.86. The fourth-order valence-electron chi connectivity index (χ4n) is 0.0402. The Morgan fingerprint density at radius 3 is 2.12 bits per heavy atom. The summed E-state index contributed by atoms with van der Waals surface area (Å²) in [5.74, 6) is 0. The summed E-state index contributed by atoms with van der Waals surface area (Å²) >= 11 is 0. The molecule has 0 heterocycles. The van der Waals surface area contributed by atoms with E-state index in [1.54, 1.807) is 0 Å². The molecule has 0 aliphatic heterocycles. The molecule has 0 aromatic heterocycles. The van der Waals surface area contributed by atoms with Gasteiger partial charge in [-0.15, -0.1) is 4.91 Å². The monoisotopic (exact) mass is 121 g/mol. The zero-order valence-electron chi connectivity index (χ0n) is 4.29. The lowest BCUT2D eigenvalue weighted by atomic mass is 11.0. The molecule has 48 valence electrons. The summed E-state index contributed by atoms with van der Waals surface area (Å²) in [5, 5.41) is 2.70. The van der Waals surface area contributed by atoms with Crippen molar-refractivity contribution in [2.75, 3.05) is 7.05 Å². The molecule has 4 N–H and O–H groups in total. The highest BCUT2D eigenvalue weighted by Gasteiger charge is 1.97. The summed E-state index contributed by atoms with van der Waals surface area (Å²) in [6.07, 6.45) is 0. The number of nitroso groups, excluding NO2 is 1. The quantitative estimate of drug-likeness (QED) is 0.349. The van der Waals surface area contributed by atoms with Gasteiger partial charge < -0.3 is 11.2 Å². The van der Waals surface area contributed by atoms with Crippen molar-refractivity contribution >= 4 is 6.03 Å². The summed E-state index contributed by atoms with van der Waals surface area (Å²) in [7, 11) is 1.18. The fourth-order valence-corrected chi connectivity index (χ4v) is 0.0402. The number of urea groups is 1. The molecular formula is C2H7N3O3. The number of amides is 2. The van der Waals surface area contributed by atoms with Gasteiger partial charge in [0.05, 0.1) is 5.29 Å². The molecule has 0 atom stereocenters. The van der Waals surface area contributed by atoms with E-state index in [4.69, 9.17) is 0 Å². The third kappa shape index (κ3) is 3.04. The molecule has 6 heteroatoms. The predicted octanol–water partition coefficient (Wildman–Crippen LogP) is -1.15. The van der Waals surface area contributed by atoms with Crippen molar-refractivity contribution in [1.29, 1.82) is 0 Å². The average Bonchev–Trinajstić information content (AvgIpc) is 1.65. The molecule has 6 nitrogen and oxygen atoms in total. The van der Waals surface area contributed by atoms with Crippen molar-refractivity contribution in [1.82, 2.24) is 5.01 Å². The van der Waals surface area contributed by atoms with Crippen LogP contribution in [-0.2, 0) is 0 Å². The van der Waals surface area contributed by atoms with Crippen LogP contribution in [0.1, 0.15) is 0 Å². The highest BCUT2D eigenvalue weighted by atomic mass is 16.3. The van der Waals surface area contributed by atoms with E-state index in [0.717, 1.165) is 0 Å². The second-order valence-corrected chi connectivity index (χ2v) is 0.943. The third-order valence-electron chi connectivity index (χ3n) is 0.441. The van der Waals surface area contributed by atoms with Crippen LogP contribution in [0, 0.1) is 4.91 Å². The van der Waals surface area contributed by atoms with Crippen LogP contribution in [-0.4, -0.2) is 23.6 Å². The van der Waals surface area contributed by atoms with Crippen molar-refractivity contribution in [3.63, 3.8) is 0 Å². The lowest BCUT2D eigenvalue weighted by Crippen LogP contribution is -2.26. The molecule has 0 aromatic rings. The van der Waals surface area contributed by atoms with E-state index in [1.165, 1.54) is 7.05 Å². The Morgan fingerprint density at radius 2 is 2.12 bits per heavy atom. The number of rotatable bonds is 1. The van der Waals surface area contributed by atoms with Gasteiger partial charge in [-0.3, -0.25) is 0 Å². The van der Waals surface area contributed by atoms with Gasteiger partial charge in [0, 0.05) is 7.05 Å². The topological polar surface area (TPSA) is 107 Å². The maximum Gasteiger partial charge on any atom is 0.337 e. The molecular weight excluding hydrogens is 114 g/mol. The number of hydrogen-bond acceptors (Lipinski definition) is 3. The third-order valence-corrected chi connectivity index (χ3v) is 0.441. The maximum absolute atomic E-state index is 9.78. The molecule has 0 radical (unpaired) electrons. The van der Waals surface area contributed by atoms with Crippen molar-refractivity contribution in [2.45, 2.75) is 0 Å².